The second kappa shape index (κ2) is 4.40. The Morgan fingerprint density at radius 3 is 2.62 bits per heavy atom. The number of nitrogens with one attached hydrogen (secondary N) is 1. The number of hydrogen-bond acceptors (Lipinski definition) is 3. The van der Waals surface area contributed by atoms with Gasteiger partial charge in [0.25, 0.3) is 0 Å². The number of aliphatic hydroxyl groups is 1. The molecule has 0 aromatic carbocycles. The highest BCUT2D eigenvalue weighted by molar-refractivity contribution is 4.82. The van der Waals surface area contributed by atoms with Crippen LogP contribution >= 0.6 is 0 Å². The molecule has 3 nitrogen and oxygen atoms in total. The molecule has 3 heteroatoms. The minimum absolute atomic E-state index is 0.168. The quantitative estimate of drug-likeness (QED) is 0.640. The van der Waals surface area contributed by atoms with Crippen molar-refractivity contribution in [2.24, 2.45) is 0 Å². The molecule has 1 unspecified atom stereocenters. The van der Waals surface area contributed by atoms with E-state index < -0.39 is 0 Å². The van der Waals surface area contributed by atoms with E-state index in [1.54, 1.807) is 0 Å². The summed E-state index contributed by atoms with van der Waals surface area (Å²) < 4.78 is 0. The maximum absolute atomic E-state index is 9.68. The molecular formula is C10H20N2O. The van der Waals surface area contributed by atoms with Crippen molar-refractivity contribution in [1.29, 1.82) is 0 Å². The zero-order valence-electron chi connectivity index (χ0n) is 8.21. The Kier molecular flexibility index (Phi) is 3.19. The molecule has 0 amide bonds. The van der Waals surface area contributed by atoms with Crippen molar-refractivity contribution in [3.05, 3.63) is 0 Å². The smallest absolute Gasteiger partial charge is 0.0791 e. The molecule has 2 N–H and O–H groups in total. The fourth-order valence-electron chi connectivity index (χ4n) is 1.92. The van der Waals surface area contributed by atoms with Crippen molar-refractivity contribution in [2.75, 3.05) is 26.2 Å². The van der Waals surface area contributed by atoms with Gasteiger partial charge in [0.2, 0.25) is 0 Å². The van der Waals surface area contributed by atoms with E-state index in [2.05, 4.69) is 10.2 Å². The molecule has 76 valence electrons. The van der Waals surface area contributed by atoms with Crippen LogP contribution < -0.4 is 5.32 Å². The van der Waals surface area contributed by atoms with Crippen LogP contribution in [0.25, 0.3) is 0 Å². The van der Waals surface area contributed by atoms with Crippen LogP contribution in [-0.2, 0) is 0 Å². The third-order valence-corrected chi connectivity index (χ3v) is 2.89. The lowest BCUT2D eigenvalue weighted by molar-refractivity contribution is 0.123. The van der Waals surface area contributed by atoms with E-state index in [9.17, 15) is 5.11 Å². The van der Waals surface area contributed by atoms with E-state index >= 15 is 0 Å². The van der Waals surface area contributed by atoms with Crippen LogP contribution in [0.1, 0.15) is 25.7 Å². The molecule has 0 spiro atoms. The first-order valence-corrected chi connectivity index (χ1v) is 5.48. The van der Waals surface area contributed by atoms with Crippen LogP contribution in [0, 0.1) is 0 Å². The summed E-state index contributed by atoms with van der Waals surface area (Å²) in [5, 5.41) is 13.0. The minimum atomic E-state index is -0.168. The van der Waals surface area contributed by atoms with E-state index in [-0.39, 0.29) is 6.10 Å². The lowest BCUT2D eigenvalue weighted by atomic mass is 10.3. The van der Waals surface area contributed by atoms with Gasteiger partial charge in [0.05, 0.1) is 6.10 Å². The van der Waals surface area contributed by atoms with Gasteiger partial charge in [0.1, 0.15) is 0 Å². The number of β-amino-alcohol motifs (C(OH)–C–C–N with tert-alkyl or cyclic N) is 1. The molecule has 1 atom stereocenters. The van der Waals surface area contributed by atoms with Crippen LogP contribution in [-0.4, -0.2) is 48.3 Å². The maximum Gasteiger partial charge on any atom is 0.0791 e. The fraction of sp³-hybridized carbons (Fsp3) is 1.00. The second-order valence-electron chi connectivity index (χ2n) is 4.34. The Hall–Kier alpha value is -0.120. The van der Waals surface area contributed by atoms with Gasteiger partial charge in [-0.2, -0.15) is 0 Å². The van der Waals surface area contributed by atoms with Gasteiger partial charge in [-0.1, -0.05) is 0 Å². The van der Waals surface area contributed by atoms with E-state index in [1.165, 1.54) is 38.8 Å². The first-order chi connectivity index (χ1) is 6.34. The van der Waals surface area contributed by atoms with Crippen LogP contribution in [0.4, 0.5) is 0 Å². The normalized spacial score (nSPS) is 26.5. The number of rotatable bonds is 5. The highest BCUT2D eigenvalue weighted by Crippen LogP contribution is 2.18. The summed E-state index contributed by atoms with van der Waals surface area (Å²) >= 11 is 0. The van der Waals surface area contributed by atoms with Crippen molar-refractivity contribution >= 4 is 0 Å². The molecule has 1 aliphatic carbocycles. The number of aliphatic hydroxyl groups excluding tert-OH is 1. The van der Waals surface area contributed by atoms with Gasteiger partial charge in [-0.3, -0.25) is 0 Å². The SMILES string of the molecule is OC(CNC1CC1)CN1CCCC1. The summed E-state index contributed by atoms with van der Waals surface area (Å²) in [6, 6.07) is 0.716. The average Bonchev–Trinajstić information content (AvgIpc) is 2.82. The van der Waals surface area contributed by atoms with E-state index in [0.717, 1.165) is 13.1 Å². The van der Waals surface area contributed by atoms with Gasteiger partial charge in [0, 0.05) is 19.1 Å². The number of likely N-dealkylation sites (tertiary alicyclic amines) is 1. The first-order valence-electron chi connectivity index (χ1n) is 5.48. The van der Waals surface area contributed by atoms with Crippen LogP contribution in [0.2, 0.25) is 0 Å². The van der Waals surface area contributed by atoms with Crippen molar-refractivity contribution < 1.29 is 5.11 Å². The summed E-state index contributed by atoms with van der Waals surface area (Å²) in [4.78, 5) is 2.36. The van der Waals surface area contributed by atoms with Crippen molar-refractivity contribution in [2.45, 2.75) is 37.8 Å². The minimum Gasteiger partial charge on any atom is -0.390 e. The van der Waals surface area contributed by atoms with Crippen LogP contribution in [0.15, 0.2) is 0 Å². The highest BCUT2D eigenvalue weighted by Gasteiger charge is 2.22. The summed E-state index contributed by atoms with van der Waals surface area (Å²) in [6.45, 7) is 4.00. The zero-order valence-corrected chi connectivity index (χ0v) is 8.21. The Morgan fingerprint density at radius 2 is 2.00 bits per heavy atom. The predicted molar refractivity (Wildman–Crippen MR) is 52.7 cm³/mol. The lowest BCUT2D eigenvalue weighted by Crippen LogP contribution is -2.37. The Morgan fingerprint density at radius 1 is 1.31 bits per heavy atom. The van der Waals surface area contributed by atoms with Gasteiger partial charge in [-0.05, 0) is 38.8 Å². The van der Waals surface area contributed by atoms with Gasteiger partial charge in [-0.15, -0.1) is 0 Å². The molecule has 2 aliphatic rings. The lowest BCUT2D eigenvalue weighted by Gasteiger charge is -2.19. The predicted octanol–water partition coefficient (Wildman–Crippen LogP) is 0.195. The molecule has 1 saturated heterocycles. The molecule has 1 heterocycles. The average molecular weight is 184 g/mol. The van der Waals surface area contributed by atoms with Crippen molar-refractivity contribution in [3.8, 4) is 0 Å². The van der Waals surface area contributed by atoms with E-state index in [0.29, 0.717) is 6.04 Å². The van der Waals surface area contributed by atoms with Crippen LogP contribution in [0.3, 0.4) is 0 Å². The molecule has 1 saturated carbocycles. The Balaban J connectivity index is 1.56. The van der Waals surface area contributed by atoms with Gasteiger partial charge < -0.3 is 15.3 Å². The van der Waals surface area contributed by atoms with E-state index in [1.807, 2.05) is 0 Å². The molecule has 2 fully saturated rings. The van der Waals surface area contributed by atoms with Gasteiger partial charge >= 0.3 is 0 Å². The number of hydrogen-bond donors (Lipinski definition) is 2. The zero-order chi connectivity index (χ0) is 9.10. The summed E-state index contributed by atoms with van der Waals surface area (Å²) in [6.07, 6.45) is 5.05. The first kappa shape index (κ1) is 9.44. The fourth-order valence-corrected chi connectivity index (χ4v) is 1.92. The summed E-state index contributed by atoms with van der Waals surface area (Å²) in [5.74, 6) is 0. The molecule has 13 heavy (non-hydrogen) atoms. The Bertz CT molecular complexity index is 153. The molecule has 0 radical (unpaired) electrons. The number of nitrogens with zero attached hydrogens (tertiary/aromatic N) is 1. The molecule has 0 bridgehead atoms. The van der Waals surface area contributed by atoms with Crippen LogP contribution in [0.5, 0.6) is 0 Å². The summed E-state index contributed by atoms with van der Waals surface area (Å²) in [7, 11) is 0. The summed E-state index contributed by atoms with van der Waals surface area (Å²) in [5.41, 5.74) is 0. The molecule has 0 aromatic heterocycles. The molecule has 2 rings (SSSR count). The topological polar surface area (TPSA) is 35.5 Å². The van der Waals surface area contributed by atoms with Crippen molar-refractivity contribution in [3.63, 3.8) is 0 Å². The largest absolute Gasteiger partial charge is 0.390 e. The molecule has 0 aromatic rings. The third kappa shape index (κ3) is 3.25. The molecule has 1 aliphatic heterocycles. The Labute approximate surface area is 80.1 Å². The second-order valence-corrected chi connectivity index (χ2v) is 4.34. The molecular weight excluding hydrogens is 164 g/mol. The van der Waals surface area contributed by atoms with E-state index in [4.69, 9.17) is 0 Å². The maximum atomic E-state index is 9.68. The third-order valence-electron chi connectivity index (χ3n) is 2.89. The van der Waals surface area contributed by atoms with Gasteiger partial charge in [0.15, 0.2) is 0 Å². The van der Waals surface area contributed by atoms with Gasteiger partial charge in [-0.25, -0.2) is 0 Å². The van der Waals surface area contributed by atoms with Crippen molar-refractivity contribution in [1.82, 2.24) is 10.2 Å². The highest BCUT2D eigenvalue weighted by atomic mass is 16.3. The monoisotopic (exact) mass is 184 g/mol. The standard InChI is InChI=1S/C10H20N2O/c13-10(7-11-9-3-4-9)8-12-5-1-2-6-12/h9-11,13H,1-8H2.